The first-order valence-corrected chi connectivity index (χ1v) is 9.96. The third kappa shape index (κ3) is 5.19. The number of fused-ring (bicyclic) bond motifs is 1. The number of hydrogen-bond acceptors (Lipinski definition) is 6. The lowest BCUT2D eigenvalue weighted by Gasteiger charge is -2.33. The third-order valence-corrected chi connectivity index (χ3v) is 5.47. The first kappa shape index (κ1) is 23.1. The van der Waals surface area contributed by atoms with Crippen LogP contribution in [0.25, 0.3) is 5.70 Å². The number of alkyl halides is 3. The van der Waals surface area contributed by atoms with Gasteiger partial charge in [-0.2, -0.15) is 13.2 Å². The van der Waals surface area contributed by atoms with Crippen LogP contribution in [0.3, 0.4) is 0 Å². The zero-order valence-corrected chi connectivity index (χ0v) is 17.7. The number of aliphatic hydroxyl groups excluding tert-OH is 1. The van der Waals surface area contributed by atoms with Gasteiger partial charge < -0.3 is 20.1 Å². The lowest BCUT2D eigenvalue weighted by Crippen LogP contribution is -2.36. The highest BCUT2D eigenvalue weighted by Gasteiger charge is 2.35. The molecular formula is C20H22ClF3N4O3. The Morgan fingerprint density at radius 3 is 2.87 bits per heavy atom. The van der Waals surface area contributed by atoms with E-state index in [-0.39, 0.29) is 29.3 Å². The lowest BCUT2D eigenvalue weighted by molar-refractivity contribution is -0.165. The van der Waals surface area contributed by atoms with E-state index in [1.165, 1.54) is 0 Å². The van der Waals surface area contributed by atoms with E-state index in [0.29, 0.717) is 12.4 Å². The van der Waals surface area contributed by atoms with Gasteiger partial charge in [-0.3, -0.25) is 4.79 Å². The summed E-state index contributed by atoms with van der Waals surface area (Å²) in [4.78, 5) is 22.0. The monoisotopic (exact) mass is 458 g/mol. The molecule has 1 amide bonds. The van der Waals surface area contributed by atoms with Crippen molar-refractivity contribution in [2.24, 2.45) is 10.9 Å². The molecule has 0 radical (unpaired) electrons. The van der Waals surface area contributed by atoms with E-state index in [4.69, 9.17) is 21.4 Å². The van der Waals surface area contributed by atoms with Crippen molar-refractivity contribution in [2.75, 3.05) is 18.5 Å². The molecular weight excluding hydrogens is 437 g/mol. The Hall–Kier alpha value is -2.59. The number of aromatic nitrogens is 1. The Bertz CT molecular complexity index is 946. The Morgan fingerprint density at radius 1 is 1.52 bits per heavy atom. The van der Waals surface area contributed by atoms with Crippen molar-refractivity contribution in [3.63, 3.8) is 0 Å². The SMILES string of the molecule is C/C=C1\c2ccnc(NC(=O)CO)c2CN1C(C)C1C=NC(OCC(F)(F)F)=C(Cl)C1. The number of carbonyl (C=O) groups is 1. The number of anilines is 1. The Morgan fingerprint density at radius 2 is 2.26 bits per heavy atom. The summed E-state index contributed by atoms with van der Waals surface area (Å²) in [6, 6.07) is 1.73. The van der Waals surface area contributed by atoms with Gasteiger partial charge in [-0.05, 0) is 26.3 Å². The second-order valence-electron chi connectivity index (χ2n) is 7.19. The van der Waals surface area contributed by atoms with Crippen LogP contribution < -0.4 is 5.32 Å². The van der Waals surface area contributed by atoms with Gasteiger partial charge in [0.2, 0.25) is 5.88 Å². The van der Waals surface area contributed by atoms with Crippen molar-refractivity contribution in [1.82, 2.24) is 9.88 Å². The van der Waals surface area contributed by atoms with Gasteiger partial charge in [0.25, 0.3) is 5.91 Å². The molecule has 3 rings (SSSR count). The minimum atomic E-state index is -4.47. The summed E-state index contributed by atoms with van der Waals surface area (Å²) in [6.45, 7) is 2.21. The molecule has 0 aromatic carbocycles. The lowest BCUT2D eigenvalue weighted by atomic mass is 9.95. The van der Waals surface area contributed by atoms with Gasteiger partial charge in [-0.1, -0.05) is 17.7 Å². The molecule has 31 heavy (non-hydrogen) atoms. The summed E-state index contributed by atoms with van der Waals surface area (Å²) >= 11 is 6.17. The average Bonchev–Trinajstić information content (AvgIpc) is 3.11. The summed E-state index contributed by atoms with van der Waals surface area (Å²) in [5.74, 6) is -0.559. The van der Waals surface area contributed by atoms with Gasteiger partial charge >= 0.3 is 6.18 Å². The van der Waals surface area contributed by atoms with Crippen LogP contribution in [-0.2, 0) is 16.1 Å². The van der Waals surface area contributed by atoms with E-state index in [1.54, 1.807) is 12.4 Å². The van der Waals surface area contributed by atoms with Crippen molar-refractivity contribution in [3.05, 3.63) is 40.4 Å². The number of pyridine rings is 1. The molecule has 2 aliphatic heterocycles. The quantitative estimate of drug-likeness (QED) is 0.679. The molecule has 0 saturated heterocycles. The zero-order chi connectivity index (χ0) is 22.8. The van der Waals surface area contributed by atoms with E-state index in [2.05, 4.69) is 20.2 Å². The highest BCUT2D eigenvalue weighted by molar-refractivity contribution is 6.30. The molecule has 2 N–H and O–H groups in total. The maximum atomic E-state index is 12.4. The fourth-order valence-corrected chi connectivity index (χ4v) is 3.92. The van der Waals surface area contributed by atoms with E-state index in [9.17, 15) is 18.0 Å². The zero-order valence-electron chi connectivity index (χ0n) is 16.9. The number of aliphatic hydroxyl groups is 1. The van der Waals surface area contributed by atoms with Gasteiger partial charge in [-0.25, -0.2) is 9.98 Å². The third-order valence-electron chi connectivity index (χ3n) is 5.16. The van der Waals surface area contributed by atoms with Crippen LogP contribution >= 0.6 is 11.6 Å². The highest BCUT2D eigenvalue weighted by atomic mass is 35.5. The standard InChI is InChI=1S/C20H22ClF3N4O3/c1-3-16-13-4-5-25-18(27-17(30)9-29)14(13)8-28(16)11(2)12-6-15(21)19(26-7-12)31-10-20(22,23)24/h3-5,7,11-12,29H,6,8-10H2,1-2H3,(H,25,27,30)/b16-3+. The normalized spacial score (nSPS) is 20.8. The number of rotatable bonds is 6. The summed E-state index contributed by atoms with van der Waals surface area (Å²) < 4.78 is 41.9. The number of nitrogens with zero attached hydrogens (tertiary/aromatic N) is 3. The maximum absolute atomic E-state index is 12.4. The second-order valence-corrected chi connectivity index (χ2v) is 7.65. The largest absolute Gasteiger partial charge is 0.467 e. The highest BCUT2D eigenvalue weighted by Crippen LogP contribution is 2.40. The molecule has 1 aromatic heterocycles. The van der Waals surface area contributed by atoms with Crippen LogP contribution in [0.1, 0.15) is 31.4 Å². The first-order valence-electron chi connectivity index (χ1n) is 9.59. The van der Waals surface area contributed by atoms with Crippen LogP contribution in [0.4, 0.5) is 19.0 Å². The predicted molar refractivity (Wildman–Crippen MR) is 110 cm³/mol. The van der Waals surface area contributed by atoms with Crippen molar-refractivity contribution in [3.8, 4) is 0 Å². The topological polar surface area (TPSA) is 87.0 Å². The molecule has 0 fully saturated rings. The van der Waals surface area contributed by atoms with Crippen molar-refractivity contribution in [2.45, 2.75) is 39.0 Å². The summed E-state index contributed by atoms with van der Waals surface area (Å²) in [7, 11) is 0. The van der Waals surface area contributed by atoms with Crippen LogP contribution in [0.2, 0.25) is 0 Å². The number of aliphatic imine (C=N–C) groups is 1. The molecule has 2 atom stereocenters. The average molecular weight is 459 g/mol. The Kier molecular flexibility index (Phi) is 6.90. The van der Waals surface area contributed by atoms with Crippen molar-refractivity contribution < 1.29 is 27.8 Å². The summed E-state index contributed by atoms with van der Waals surface area (Å²) in [5.41, 5.74) is 2.64. The molecule has 1 aromatic rings. The molecule has 2 aliphatic rings. The van der Waals surface area contributed by atoms with E-state index < -0.39 is 25.3 Å². The maximum Gasteiger partial charge on any atom is 0.422 e. The molecule has 2 unspecified atom stereocenters. The van der Waals surface area contributed by atoms with Gasteiger partial charge in [0, 0.05) is 47.7 Å². The number of halogens is 4. The molecule has 7 nitrogen and oxygen atoms in total. The number of nitrogens with one attached hydrogen (secondary N) is 1. The second kappa shape index (κ2) is 9.27. The molecule has 0 bridgehead atoms. The molecule has 0 spiro atoms. The van der Waals surface area contributed by atoms with Gasteiger partial charge in [0.05, 0.1) is 5.03 Å². The molecule has 168 valence electrons. The van der Waals surface area contributed by atoms with Gasteiger partial charge in [-0.15, -0.1) is 0 Å². The van der Waals surface area contributed by atoms with Crippen molar-refractivity contribution in [1.29, 1.82) is 0 Å². The number of hydrogen-bond donors (Lipinski definition) is 2. The summed E-state index contributed by atoms with van der Waals surface area (Å²) in [6.07, 6.45) is 0.898. The van der Waals surface area contributed by atoms with E-state index in [1.807, 2.05) is 26.0 Å². The predicted octanol–water partition coefficient (Wildman–Crippen LogP) is 3.65. The van der Waals surface area contributed by atoms with Crippen LogP contribution in [0.5, 0.6) is 0 Å². The van der Waals surface area contributed by atoms with Crippen LogP contribution in [-0.4, -0.2) is 52.5 Å². The fourth-order valence-electron chi connectivity index (χ4n) is 3.64. The minimum Gasteiger partial charge on any atom is -0.467 e. The smallest absolute Gasteiger partial charge is 0.422 e. The molecule has 11 heteroatoms. The number of carbonyl (C=O) groups excluding carboxylic acids is 1. The number of allylic oxidation sites excluding steroid dienone is 2. The van der Waals surface area contributed by atoms with Gasteiger partial charge in [0.15, 0.2) is 6.61 Å². The van der Waals surface area contributed by atoms with E-state index in [0.717, 1.165) is 16.8 Å². The molecule has 0 saturated carbocycles. The van der Waals surface area contributed by atoms with Gasteiger partial charge in [0.1, 0.15) is 12.4 Å². The van der Waals surface area contributed by atoms with Crippen molar-refractivity contribution >= 4 is 35.2 Å². The molecule has 3 heterocycles. The van der Waals surface area contributed by atoms with Crippen LogP contribution in [0, 0.1) is 5.92 Å². The first-order chi connectivity index (χ1) is 14.6. The van der Waals surface area contributed by atoms with Crippen LogP contribution in [0.15, 0.2) is 34.2 Å². The number of ether oxygens (including phenoxy) is 1. The molecule has 0 aliphatic carbocycles. The Balaban J connectivity index is 1.76. The minimum absolute atomic E-state index is 0.110. The Labute approximate surface area is 182 Å². The fraction of sp³-hybridized carbons (Fsp3) is 0.450. The summed E-state index contributed by atoms with van der Waals surface area (Å²) in [5, 5.41) is 11.8. The number of amides is 1. The van der Waals surface area contributed by atoms with E-state index >= 15 is 0 Å².